The zero-order valence-corrected chi connectivity index (χ0v) is 13.9. The first-order valence-corrected chi connectivity index (χ1v) is 8.08. The van der Waals surface area contributed by atoms with E-state index in [9.17, 15) is 0 Å². The van der Waals surface area contributed by atoms with E-state index in [1.807, 2.05) is 17.9 Å². The lowest BCUT2D eigenvalue weighted by atomic mass is 9.95. The minimum Gasteiger partial charge on any atom is -0.376 e. The summed E-state index contributed by atoms with van der Waals surface area (Å²) in [6.45, 7) is 8.31. The second-order valence-corrected chi connectivity index (χ2v) is 6.27. The molecule has 1 atom stereocenters. The zero-order valence-electron chi connectivity index (χ0n) is 13.9. The van der Waals surface area contributed by atoms with Gasteiger partial charge in [0.2, 0.25) is 0 Å². The third kappa shape index (κ3) is 2.88. The van der Waals surface area contributed by atoms with Crippen LogP contribution in [0.15, 0.2) is 30.6 Å². The van der Waals surface area contributed by atoms with Crippen molar-refractivity contribution in [3.8, 4) is 11.1 Å². The van der Waals surface area contributed by atoms with Crippen LogP contribution in [0.4, 0.5) is 5.69 Å². The maximum atomic E-state index is 5.91. The number of anilines is 1. The summed E-state index contributed by atoms with van der Waals surface area (Å²) in [5.74, 6) is 0. The maximum Gasteiger partial charge on any atom is 0.0790 e. The van der Waals surface area contributed by atoms with Crippen LogP contribution in [0.1, 0.15) is 26.3 Å². The van der Waals surface area contributed by atoms with Crippen molar-refractivity contribution in [2.75, 3.05) is 18.1 Å². The Balaban J connectivity index is 1.97. The molecule has 1 aromatic heterocycles. The minimum absolute atomic E-state index is 0.282. The highest BCUT2D eigenvalue weighted by atomic mass is 16.5. The molecule has 0 spiro atoms. The SMILES string of the molecule is CCOC1Cc2cc(-c3cnn(C)c3)ccc2N(C(C)C)C1. The van der Waals surface area contributed by atoms with Gasteiger partial charge in [0.15, 0.2) is 0 Å². The van der Waals surface area contributed by atoms with Gasteiger partial charge in [-0.1, -0.05) is 6.07 Å². The van der Waals surface area contributed by atoms with Crippen molar-refractivity contribution >= 4 is 5.69 Å². The van der Waals surface area contributed by atoms with Crippen molar-refractivity contribution in [2.24, 2.45) is 7.05 Å². The van der Waals surface area contributed by atoms with Gasteiger partial charge in [-0.3, -0.25) is 4.68 Å². The van der Waals surface area contributed by atoms with Gasteiger partial charge in [-0.15, -0.1) is 0 Å². The van der Waals surface area contributed by atoms with Crippen LogP contribution in [0.2, 0.25) is 0 Å². The summed E-state index contributed by atoms with van der Waals surface area (Å²) in [6, 6.07) is 7.23. The molecule has 22 heavy (non-hydrogen) atoms. The van der Waals surface area contributed by atoms with Crippen LogP contribution in [-0.2, 0) is 18.2 Å². The summed E-state index contributed by atoms with van der Waals surface area (Å²) in [6.07, 6.45) is 5.25. The first-order valence-electron chi connectivity index (χ1n) is 8.08. The van der Waals surface area contributed by atoms with Crippen LogP contribution < -0.4 is 4.90 Å². The summed E-state index contributed by atoms with van der Waals surface area (Å²) in [5, 5.41) is 4.27. The molecule has 0 saturated carbocycles. The zero-order chi connectivity index (χ0) is 15.7. The van der Waals surface area contributed by atoms with Gasteiger partial charge >= 0.3 is 0 Å². The molecule has 0 bridgehead atoms. The van der Waals surface area contributed by atoms with Gasteiger partial charge in [-0.05, 0) is 44.0 Å². The predicted octanol–water partition coefficient (Wildman–Crippen LogP) is 3.26. The topological polar surface area (TPSA) is 30.3 Å². The van der Waals surface area contributed by atoms with Gasteiger partial charge in [0.05, 0.1) is 12.3 Å². The molecule has 4 nitrogen and oxygen atoms in total. The number of aryl methyl sites for hydroxylation is 1. The standard InChI is InChI=1S/C18H25N3O/c1-5-22-17-9-15-8-14(16-10-19-20(4)11-16)6-7-18(15)21(12-17)13(2)3/h6-8,10-11,13,17H,5,9,12H2,1-4H3. The lowest BCUT2D eigenvalue weighted by molar-refractivity contribution is 0.0639. The Bertz CT molecular complexity index is 648. The molecule has 1 unspecified atom stereocenters. The highest BCUT2D eigenvalue weighted by molar-refractivity contribution is 5.69. The minimum atomic E-state index is 0.282. The Labute approximate surface area is 132 Å². The van der Waals surface area contributed by atoms with E-state index in [0.717, 1.165) is 19.6 Å². The second-order valence-electron chi connectivity index (χ2n) is 6.27. The summed E-state index contributed by atoms with van der Waals surface area (Å²) >= 11 is 0. The number of hydrogen-bond acceptors (Lipinski definition) is 3. The van der Waals surface area contributed by atoms with E-state index in [1.54, 1.807) is 0 Å². The average molecular weight is 299 g/mol. The molecule has 0 amide bonds. The van der Waals surface area contributed by atoms with Crippen LogP contribution in [0.25, 0.3) is 11.1 Å². The molecule has 118 valence electrons. The lowest BCUT2D eigenvalue weighted by Gasteiger charge is -2.38. The smallest absolute Gasteiger partial charge is 0.0790 e. The third-order valence-electron chi connectivity index (χ3n) is 4.30. The highest BCUT2D eigenvalue weighted by Crippen LogP contribution is 2.33. The maximum absolute atomic E-state index is 5.91. The van der Waals surface area contributed by atoms with E-state index in [0.29, 0.717) is 6.04 Å². The fraction of sp³-hybridized carbons (Fsp3) is 0.500. The summed E-state index contributed by atoms with van der Waals surface area (Å²) in [5.41, 5.74) is 5.12. The first-order chi connectivity index (χ1) is 10.6. The van der Waals surface area contributed by atoms with E-state index in [1.165, 1.54) is 22.4 Å². The van der Waals surface area contributed by atoms with Crippen molar-refractivity contribution in [1.82, 2.24) is 9.78 Å². The van der Waals surface area contributed by atoms with Gasteiger partial charge in [0.1, 0.15) is 0 Å². The van der Waals surface area contributed by atoms with Crippen LogP contribution in [-0.4, -0.2) is 35.1 Å². The van der Waals surface area contributed by atoms with Crippen LogP contribution in [0, 0.1) is 0 Å². The van der Waals surface area contributed by atoms with Gasteiger partial charge in [0.25, 0.3) is 0 Å². The van der Waals surface area contributed by atoms with Gasteiger partial charge in [-0.25, -0.2) is 0 Å². The predicted molar refractivity (Wildman–Crippen MR) is 90.2 cm³/mol. The number of benzene rings is 1. The molecule has 0 radical (unpaired) electrons. The first kappa shape index (κ1) is 15.1. The highest BCUT2D eigenvalue weighted by Gasteiger charge is 2.26. The van der Waals surface area contributed by atoms with E-state index in [-0.39, 0.29) is 6.10 Å². The Morgan fingerprint density at radius 3 is 2.77 bits per heavy atom. The van der Waals surface area contributed by atoms with Crippen molar-refractivity contribution in [3.05, 3.63) is 36.2 Å². The monoisotopic (exact) mass is 299 g/mol. The number of rotatable bonds is 4. The van der Waals surface area contributed by atoms with Crippen molar-refractivity contribution in [1.29, 1.82) is 0 Å². The van der Waals surface area contributed by atoms with E-state index in [4.69, 9.17) is 4.74 Å². The number of hydrogen-bond donors (Lipinski definition) is 0. The van der Waals surface area contributed by atoms with Crippen LogP contribution in [0.3, 0.4) is 0 Å². The molecule has 2 heterocycles. The van der Waals surface area contributed by atoms with Gasteiger partial charge < -0.3 is 9.64 Å². The number of nitrogens with zero attached hydrogens (tertiary/aromatic N) is 3. The van der Waals surface area contributed by atoms with Gasteiger partial charge in [0, 0.05) is 50.1 Å². The van der Waals surface area contributed by atoms with Crippen LogP contribution >= 0.6 is 0 Å². The Hall–Kier alpha value is -1.81. The molecule has 4 heteroatoms. The number of ether oxygens (including phenoxy) is 1. The molecule has 0 fully saturated rings. The van der Waals surface area contributed by atoms with Crippen molar-refractivity contribution in [3.63, 3.8) is 0 Å². The number of aromatic nitrogens is 2. The van der Waals surface area contributed by atoms with Crippen molar-refractivity contribution in [2.45, 2.75) is 39.3 Å². The number of fused-ring (bicyclic) bond motifs is 1. The average Bonchev–Trinajstić information content (AvgIpc) is 2.92. The quantitative estimate of drug-likeness (QED) is 0.868. The Kier molecular flexibility index (Phi) is 4.21. The Morgan fingerprint density at radius 2 is 2.14 bits per heavy atom. The summed E-state index contributed by atoms with van der Waals surface area (Å²) < 4.78 is 7.76. The Morgan fingerprint density at radius 1 is 1.32 bits per heavy atom. The summed E-state index contributed by atoms with van der Waals surface area (Å²) in [7, 11) is 1.95. The van der Waals surface area contributed by atoms with E-state index < -0.39 is 0 Å². The summed E-state index contributed by atoms with van der Waals surface area (Å²) in [4.78, 5) is 2.45. The largest absolute Gasteiger partial charge is 0.376 e. The molecular formula is C18H25N3O. The molecule has 0 saturated heterocycles. The molecule has 2 aromatic rings. The fourth-order valence-electron chi connectivity index (χ4n) is 3.24. The molecule has 3 rings (SSSR count). The fourth-order valence-corrected chi connectivity index (χ4v) is 3.24. The third-order valence-corrected chi connectivity index (χ3v) is 4.30. The molecular weight excluding hydrogens is 274 g/mol. The van der Waals surface area contributed by atoms with E-state index in [2.05, 4.69) is 55.2 Å². The van der Waals surface area contributed by atoms with Crippen molar-refractivity contribution < 1.29 is 4.74 Å². The lowest BCUT2D eigenvalue weighted by Crippen LogP contribution is -2.43. The van der Waals surface area contributed by atoms with E-state index >= 15 is 0 Å². The molecule has 1 aromatic carbocycles. The van der Waals surface area contributed by atoms with Crippen LogP contribution in [0.5, 0.6) is 0 Å². The molecule has 1 aliphatic rings. The van der Waals surface area contributed by atoms with Gasteiger partial charge in [-0.2, -0.15) is 5.10 Å². The second kappa shape index (κ2) is 6.13. The molecule has 0 aliphatic carbocycles. The normalized spacial score (nSPS) is 17.9. The molecule has 0 N–H and O–H groups in total. The molecule has 1 aliphatic heterocycles.